The minimum absolute atomic E-state index is 0.0143. The molecule has 1 fully saturated rings. The van der Waals surface area contributed by atoms with Gasteiger partial charge in [0.05, 0.1) is 6.04 Å². The Kier molecular flexibility index (Phi) is 5.82. The zero-order valence-electron chi connectivity index (χ0n) is 15.3. The van der Waals surface area contributed by atoms with Crippen LogP contribution in [0.2, 0.25) is 0 Å². The molecule has 2 aliphatic rings. The summed E-state index contributed by atoms with van der Waals surface area (Å²) in [6.45, 7) is 3.01. The number of hydrogen-bond acceptors (Lipinski definition) is 5. The minimum Gasteiger partial charge on any atom is -0.486 e. The first kappa shape index (κ1) is 18.3. The standard InChI is InChI=1S/C18H26N4O4/c1-21(2)7-3-6-19-18(24)20-13-10-17(23)22(12-13)14-4-5-15-16(11-14)26-9-8-25-15/h4-5,11,13H,3,6-10,12H2,1-2H3,(H2,19,20,24). The molecule has 0 saturated carbocycles. The van der Waals surface area contributed by atoms with Gasteiger partial charge in [-0.2, -0.15) is 0 Å². The number of nitrogens with zero attached hydrogens (tertiary/aromatic N) is 2. The fourth-order valence-corrected chi connectivity index (χ4v) is 3.09. The summed E-state index contributed by atoms with van der Waals surface area (Å²) in [5, 5.41) is 5.71. The first-order valence-corrected chi connectivity index (χ1v) is 8.92. The molecule has 1 atom stereocenters. The van der Waals surface area contributed by atoms with Gasteiger partial charge in [0, 0.05) is 31.3 Å². The van der Waals surface area contributed by atoms with E-state index in [1.54, 1.807) is 4.90 Å². The van der Waals surface area contributed by atoms with E-state index in [9.17, 15) is 9.59 Å². The largest absolute Gasteiger partial charge is 0.486 e. The summed E-state index contributed by atoms with van der Waals surface area (Å²) in [6.07, 6.45) is 1.17. The number of urea groups is 1. The van der Waals surface area contributed by atoms with Crippen molar-refractivity contribution in [2.75, 3.05) is 51.8 Å². The second-order valence-electron chi connectivity index (χ2n) is 6.79. The highest BCUT2D eigenvalue weighted by molar-refractivity contribution is 5.97. The molecule has 2 aliphatic heterocycles. The van der Waals surface area contributed by atoms with Crippen molar-refractivity contribution in [1.82, 2.24) is 15.5 Å². The third-order valence-electron chi connectivity index (χ3n) is 4.37. The zero-order valence-corrected chi connectivity index (χ0v) is 15.3. The van der Waals surface area contributed by atoms with Crippen LogP contribution >= 0.6 is 0 Å². The molecule has 8 heteroatoms. The van der Waals surface area contributed by atoms with Crippen molar-refractivity contribution in [1.29, 1.82) is 0 Å². The molecule has 3 rings (SSSR count). The lowest BCUT2D eigenvalue weighted by molar-refractivity contribution is -0.117. The first-order chi connectivity index (χ1) is 12.5. The molecule has 1 aromatic rings. The SMILES string of the molecule is CN(C)CCCNC(=O)NC1CC(=O)N(c2ccc3c(c2)OCCO3)C1. The van der Waals surface area contributed by atoms with Crippen LogP contribution in [-0.2, 0) is 4.79 Å². The average Bonchev–Trinajstić information content (AvgIpc) is 2.98. The van der Waals surface area contributed by atoms with E-state index in [1.165, 1.54) is 0 Å². The molecule has 3 amide bonds. The normalized spacial score (nSPS) is 19.0. The summed E-state index contributed by atoms with van der Waals surface area (Å²) >= 11 is 0. The highest BCUT2D eigenvalue weighted by atomic mass is 16.6. The number of ether oxygens (including phenoxy) is 2. The molecule has 1 saturated heterocycles. The van der Waals surface area contributed by atoms with Gasteiger partial charge in [-0.15, -0.1) is 0 Å². The van der Waals surface area contributed by atoms with Gasteiger partial charge < -0.3 is 29.9 Å². The van der Waals surface area contributed by atoms with Gasteiger partial charge in [-0.1, -0.05) is 0 Å². The summed E-state index contributed by atoms with van der Waals surface area (Å²) in [5.74, 6) is 1.33. The fraction of sp³-hybridized carbons (Fsp3) is 0.556. The molecular weight excluding hydrogens is 336 g/mol. The molecule has 0 aliphatic carbocycles. The Labute approximate surface area is 153 Å². The Morgan fingerprint density at radius 3 is 2.81 bits per heavy atom. The van der Waals surface area contributed by atoms with Crippen molar-refractivity contribution in [3.8, 4) is 11.5 Å². The van der Waals surface area contributed by atoms with Crippen molar-refractivity contribution in [3.05, 3.63) is 18.2 Å². The van der Waals surface area contributed by atoms with Gasteiger partial charge in [-0.3, -0.25) is 4.79 Å². The van der Waals surface area contributed by atoms with Crippen molar-refractivity contribution >= 4 is 17.6 Å². The Balaban J connectivity index is 1.51. The number of carbonyl (C=O) groups is 2. The van der Waals surface area contributed by atoms with Gasteiger partial charge in [-0.05, 0) is 39.2 Å². The number of nitrogens with one attached hydrogen (secondary N) is 2. The van der Waals surface area contributed by atoms with Crippen LogP contribution in [0.1, 0.15) is 12.8 Å². The van der Waals surface area contributed by atoms with Gasteiger partial charge >= 0.3 is 6.03 Å². The van der Waals surface area contributed by atoms with Gasteiger partial charge in [0.1, 0.15) is 13.2 Å². The smallest absolute Gasteiger partial charge is 0.315 e. The average molecular weight is 362 g/mol. The molecular formula is C18H26N4O4. The van der Waals surface area contributed by atoms with Crippen LogP contribution in [0.15, 0.2) is 18.2 Å². The molecule has 0 bridgehead atoms. The van der Waals surface area contributed by atoms with E-state index in [1.807, 2.05) is 32.3 Å². The number of carbonyl (C=O) groups excluding carboxylic acids is 2. The van der Waals surface area contributed by atoms with E-state index in [0.717, 1.165) is 18.7 Å². The van der Waals surface area contributed by atoms with E-state index in [4.69, 9.17) is 9.47 Å². The molecule has 2 N–H and O–H groups in total. The van der Waals surface area contributed by atoms with Crippen molar-refractivity contribution in [2.24, 2.45) is 0 Å². The molecule has 0 spiro atoms. The highest BCUT2D eigenvalue weighted by Gasteiger charge is 2.32. The summed E-state index contributed by atoms with van der Waals surface area (Å²) in [4.78, 5) is 28.1. The maximum atomic E-state index is 12.3. The predicted molar refractivity (Wildman–Crippen MR) is 97.9 cm³/mol. The molecule has 0 aromatic heterocycles. The second kappa shape index (κ2) is 8.27. The molecule has 26 heavy (non-hydrogen) atoms. The van der Waals surface area contributed by atoms with Gasteiger partial charge in [0.15, 0.2) is 11.5 Å². The number of fused-ring (bicyclic) bond motifs is 1. The second-order valence-corrected chi connectivity index (χ2v) is 6.79. The molecule has 2 heterocycles. The number of hydrogen-bond donors (Lipinski definition) is 2. The van der Waals surface area contributed by atoms with Crippen LogP contribution in [0.4, 0.5) is 10.5 Å². The first-order valence-electron chi connectivity index (χ1n) is 8.92. The van der Waals surface area contributed by atoms with E-state index >= 15 is 0 Å². The molecule has 0 radical (unpaired) electrons. The third kappa shape index (κ3) is 4.57. The van der Waals surface area contributed by atoms with Crippen LogP contribution in [-0.4, -0.2) is 69.8 Å². The summed E-state index contributed by atoms with van der Waals surface area (Å²) < 4.78 is 11.1. The fourth-order valence-electron chi connectivity index (χ4n) is 3.09. The van der Waals surface area contributed by atoms with Crippen LogP contribution in [0, 0.1) is 0 Å². The predicted octanol–water partition coefficient (Wildman–Crippen LogP) is 0.814. The van der Waals surface area contributed by atoms with Gasteiger partial charge in [0.25, 0.3) is 0 Å². The molecule has 142 valence electrons. The Hall–Kier alpha value is -2.48. The lowest BCUT2D eigenvalue weighted by Gasteiger charge is -2.22. The van der Waals surface area contributed by atoms with Crippen molar-refractivity contribution < 1.29 is 19.1 Å². The lowest BCUT2D eigenvalue weighted by Crippen LogP contribution is -2.44. The molecule has 1 unspecified atom stereocenters. The van der Waals surface area contributed by atoms with E-state index in [-0.39, 0.29) is 18.0 Å². The third-order valence-corrected chi connectivity index (χ3v) is 4.37. The summed E-state index contributed by atoms with van der Waals surface area (Å²) in [5.41, 5.74) is 0.759. The van der Waals surface area contributed by atoms with E-state index in [2.05, 4.69) is 15.5 Å². The Morgan fingerprint density at radius 1 is 1.27 bits per heavy atom. The number of benzene rings is 1. The number of anilines is 1. The van der Waals surface area contributed by atoms with Crippen LogP contribution in [0.5, 0.6) is 11.5 Å². The number of rotatable bonds is 6. The van der Waals surface area contributed by atoms with E-state index < -0.39 is 0 Å². The zero-order chi connectivity index (χ0) is 18.5. The lowest BCUT2D eigenvalue weighted by atomic mass is 10.2. The van der Waals surface area contributed by atoms with E-state index in [0.29, 0.717) is 44.2 Å². The number of amides is 3. The molecule has 8 nitrogen and oxygen atoms in total. The highest BCUT2D eigenvalue weighted by Crippen LogP contribution is 2.35. The van der Waals surface area contributed by atoms with Crippen LogP contribution in [0.3, 0.4) is 0 Å². The van der Waals surface area contributed by atoms with Crippen molar-refractivity contribution in [2.45, 2.75) is 18.9 Å². The van der Waals surface area contributed by atoms with Crippen LogP contribution < -0.4 is 25.0 Å². The van der Waals surface area contributed by atoms with Gasteiger partial charge in [-0.25, -0.2) is 4.79 Å². The monoisotopic (exact) mass is 362 g/mol. The Bertz CT molecular complexity index is 665. The summed E-state index contributed by atoms with van der Waals surface area (Å²) in [7, 11) is 3.99. The maximum absolute atomic E-state index is 12.3. The van der Waals surface area contributed by atoms with Crippen LogP contribution in [0.25, 0.3) is 0 Å². The van der Waals surface area contributed by atoms with Crippen molar-refractivity contribution in [3.63, 3.8) is 0 Å². The maximum Gasteiger partial charge on any atom is 0.315 e. The van der Waals surface area contributed by atoms with Gasteiger partial charge in [0.2, 0.25) is 5.91 Å². The Morgan fingerprint density at radius 2 is 2.04 bits per heavy atom. The topological polar surface area (TPSA) is 83.1 Å². The minimum atomic E-state index is -0.231. The molecule has 1 aromatic carbocycles. The quantitative estimate of drug-likeness (QED) is 0.732. The summed E-state index contributed by atoms with van der Waals surface area (Å²) in [6, 6.07) is 5.04.